The molecule has 4 aromatic rings. The van der Waals surface area contributed by atoms with Gasteiger partial charge < -0.3 is 19.8 Å². The molecular formula is C23H17Cl2N3O4. The number of carbonyl (C=O) groups excluding carboxylic acids is 2. The molecule has 0 radical (unpaired) electrons. The van der Waals surface area contributed by atoms with Crippen LogP contribution in [0.15, 0.2) is 60.7 Å². The van der Waals surface area contributed by atoms with E-state index in [1.807, 2.05) is 24.3 Å². The van der Waals surface area contributed by atoms with Crippen LogP contribution in [-0.2, 0) is 9.53 Å². The van der Waals surface area contributed by atoms with E-state index in [1.54, 1.807) is 37.4 Å². The third-order valence-corrected chi connectivity index (χ3v) is 5.17. The van der Waals surface area contributed by atoms with Crippen LogP contribution in [0.1, 0.15) is 10.4 Å². The normalized spacial score (nSPS) is 10.7. The highest BCUT2D eigenvalue weighted by Crippen LogP contribution is 2.26. The molecule has 4 rings (SSSR count). The highest BCUT2D eigenvalue weighted by molar-refractivity contribution is 6.36. The number of amides is 1. The summed E-state index contributed by atoms with van der Waals surface area (Å²) >= 11 is 11.9. The minimum atomic E-state index is -0.634. The monoisotopic (exact) mass is 469 g/mol. The van der Waals surface area contributed by atoms with Gasteiger partial charge in [0, 0.05) is 10.6 Å². The van der Waals surface area contributed by atoms with Gasteiger partial charge in [-0.3, -0.25) is 4.79 Å². The quantitative estimate of drug-likeness (QED) is 0.371. The lowest BCUT2D eigenvalue weighted by atomic mass is 10.2. The van der Waals surface area contributed by atoms with E-state index in [2.05, 4.69) is 15.3 Å². The van der Waals surface area contributed by atoms with E-state index in [4.69, 9.17) is 32.7 Å². The van der Waals surface area contributed by atoms with Crippen molar-refractivity contribution in [2.45, 2.75) is 0 Å². The first kappa shape index (κ1) is 21.7. The van der Waals surface area contributed by atoms with Crippen molar-refractivity contribution in [2.75, 3.05) is 19.0 Å². The molecule has 0 aliphatic heterocycles. The summed E-state index contributed by atoms with van der Waals surface area (Å²) in [6.07, 6.45) is 0. The van der Waals surface area contributed by atoms with E-state index in [-0.39, 0.29) is 5.02 Å². The largest absolute Gasteiger partial charge is 0.497 e. The number of benzene rings is 3. The number of aromatic amines is 1. The van der Waals surface area contributed by atoms with Crippen molar-refractivity contribution in [3.05, 3.63) is 76.3 Å². The van der Waals surface area contributed by atoms with Crippen LogP contribution in [0.5, 0.6) is 5.75 Å². The maximum absolute atomic E-state index is 12.4. The molecule has 7 nitrogen and oxygen atoms in total. The van der Waals surface area contributed by atoms with Crippen LogP contribution < -0.4 is 10.1 Å². The maximum atomic E-state index is 12.4. The van der Waals surface area contributed by atoms with Gasteiger partial charge in [0.2, 0.25) is 0 Å². The van der Waals surface area contributed by atoms with Crippen molar-refractivity contribution < 1.29 is 19.1 Å². The number of hydrogen-bond acceptors (Lipinski definition) is 5. The minimum absolute atomic E-state index is 0.287. The van der Waals surface area contributed by atoms with Crippen LogP contribution in [-0.4, -0.2) is 35.6 Å². The molecule has 0 fully saturated rings. The zero-order chi connectivity index (χ0) is 22.7. The zero-order valence-electron chi connectivity index (χ0n) is 16.8. The Labute approximate surface area is 193 Å². The molecule has 162 valence electrons. The van der Waals surface area contributed by atoms with Gasteiger partial charge >= 0.3 is 5.97 Å². The predicted octanol–water partition coefficient (Wildman–Crippen LogP) is 5.34. The van der Waals surface area contributed by atoms with Crippen molar-refractivity contribution in [1.29, 1.82) is 0 Å². The lowest BCUT2D eigenvalue weighted by Gasteiger charge is -2.08. The first-order chi connectivity index (χ1) is 15.4. The van der Waals surface area contributed by atoms with Crippen molar-refractivity contribution in [3.63, 3.8) is 0 Å². The molecule has 0 aliphatic carbocycles. The number of fused-ring (bicyclic) bond motifs is 1. The molecule has 3 aromatic carbocycles. The van der Waals surface area contributed by atoms with Gasteiger partial charge in [-0.15, -0.1) is 0 Å². The summed E-state index contributed by atoms with van der Waals surface area (Å²) in [5.74, 6) is 0.251. The van der Waals surface area contributed by atoms with Crippen LogP contribution in [0.3, 0.4) is 0 Å². The summed E-state index contributed by atoms with van der Waals surface area (Å²) in [5, 5.41) is 3.31. The Morgan fingerprint density at radius 3 is 2.53 bits per heavy atom. The summed E-state index contributed by atoms with van der Waals surface area (Å²) in [6.45, 7) is -0.462. The third-order valence-electron chi connectivity index (χ3n) is 4.62. The molecule has 0 aliphatic rings. The van der Waals surface area contributed by atoms with E-state index < -0.39 is 18.5 Å². The summed E-state index contributed by atoms with van der Waals surface area (Å²) in [7, 11) is 1.60. The molecule has 32 heavy (non-hydrogen) atoms. The van der Waals surface area contributed by atoms with Gasteiger partial charge in [0.25, 0.3) is 5.91 Å². The number of halogens is 2. The lowest BCUT2D eigenvalue weighted by Crippen LogP contribution is -2.21. The Bertz CT molecular complexity index is 1300. The molecule has 0 bridgehead atoms. The highest BCUT2D eigenvalue weighted by atomic mass is 35.5. The van der Waals surface area contributed by atoms with Gasteiger partial charge in [0.05, 0.1) is 34.4 Å². The van der Waals surface area contributed by atoms with Gasteiger partial charge in [0.15, 0.2) is 6.61 Å². The number of anilines is 1. The van der Waals surface area contributed by atoms with Crippen LogP contribution >= 0.6 is 23.2 Å². The van der Waals surface area contributed by atoms with Gasteiger partial charge in [-0.2, -0.15) is 0 Å². The molecule has 1 aromatic heterocycles. The highest BCUT2D eigenvalue weighted by Gasteiger charge is 2.14. The molecule has 0 unspecified atom stereocenters. The van der Waals surface area contributed by atoms with Gasteiger partial charge in [-0.25, -0.2) is 9.78 Å². The average molecular weight is 470 g/mol. The smallest absolute Gasteiger partial charge is 0.338 e. The second-order valence-electron chi connectivity index (χ2n) is 6.79. The number of hydrogen-bond donors (Lipinski definition) is 2. The lowest BCUT2D eigenvalue weighted by molar-refractivity contribution is -0.119. The summed E-state index contributed by atoms with van der Waals surface area (Å²) in [5.41, 5.74) is 2.91. The number of esters is 1. The Morgan fingerprint density at radius 1 is 1.03 bits per heavy atom. The Hall–Kier alpha value is -3.55. The minimum Gasteiger partial charge on any atom is -0.497 e. The zero-order valence-corrected chi connectivity index (χ0v) is 18.3. The van der Waals surface area contributed by atoms with E-state index >= 15 is 0 Å². The second kappa shape index (κ2) is 9.30. The average Bonchev–Trinajstić information content (AvgIpc) is 3.23. The number of nitrogens with one attached hydrogen (secondary N) is 2. The van der Waals surface area contributed by atoms with Crippen LogP contribution in [0.4, 0.5) is 5.69 Å². The van der Waals surface area contributed by atoms with Crippen LogP contribution in [0, 0.1) is 0 Å². The fourth-order valence-corrected chi connectivity index (χ4v) is 3.47. The van der Waals surface area contributed by atoms with Gasteiger partial charge in [0.1, 0.15) is 11.6 Å². The van der Waals surface area contributed by atoms with Crippen molar-refractivity contribution in [3.8, 4) is 17.1 Å². The Morgan fingerprint density at radius 2 is 1.81 bits per heavy atom. The van der Waals surface area contributed by atoms with E-state index in [0.29, 0.717) is 33.1 Å². The number of methoxy groups -OCH3 is 1. The SMILES string of the molecule is COc1ccc(-c2nc3ccc(C(=O)OCC(=O)Nc4ccc(Cl)cc4Cl)cc3[nH]2)cc1. The number of rotatable bonds is 6. The number of nitrogens with zero attached hydrogens (tertiary/aromatic N) is 1. The number of imidazole rings is 1. The molecule has 2 N–H and O–H groups in total. The van der Waals surface area contributed by atoms with Crippen molar-refractivity contribution in [1.82, 2.24) is 9.97 Å². The van der Waals surface area contributed by atoms with Crippen LogP contribution in [0.2, 0.25) is 10.0 Å². The molecule has 0 saturated carbocycles. The first-order valence-corrected chi connectivity index (χ1v) is 10.2. The fraction of sp³-hybridized carbons (Fsp3) is 0.0870. The fourth-order valence-electron chi connectivity index (χ4n) is 3.01. The number of H-pyrrole nitrogens is 1. The number of ether oxygens (including phenoxy) is 2. The molecule has 0 spiro atoms. The molecular weight excluding hydrogens is 453 g/mol. The summed E-state index contributed by atoms with van der Waals surface area (Å²) in [4.78, 5) is 32.2. The predicted molar refractivity (Wildman–Crippen MR) is 123 cm³/mol. The maximum Gasteiger partial charge on any atom is 0.338 e. The summed E-state index contributed by atoms with van der Waals surface area (Å²) < 4.78 is 10.3. The standard InChI is InChI=1S/C23H17Cl2N3O4/c1-31-16-6-2-13(3-7-16)22-27-19-8-4-14(10-20(19)28-22)23(30)32-12-21(29)26-18-9-5-15(24)11-17(18)25/h2-11H,12H2,1H3,(H,26,29)(H,27,28). The van der Waals surface area contributed by atoms with Crippen molar-refractivity contribution >= 4 is 51.8 Å². The molecule has 0 atom stereocenters. The van der Waals surface area contributed by atoms with E-state index in [0.717, 1.165) is 11.3 Å². The summed E-state index contributed by atoms with van der Waals surface area (Å²) in [6, 6.07) is 17.1. The van der Waals surface area contributed by atoms with Crippen molar-refractivity contribution in [2.24, 2.45) is 0 Å². The molecule has 1 heterocycles. The molecule has 9 heteroatoms. The van der Waals surface area contributed by atoms with Gasteiger partial charge in [-0.05, 0) is 60.7 Å². The molecule has 1 amide bonds. The van der Waals surface area contributed by atoms with Crippen LogP contribution in [0.25, 0.3) is 22.4 Å². The third kappa shape index (κ3) is 4.85. The Kier molecular flexibility index (Phi) is 6.30. The van der Waals surface area contributed by atoms with E-state index in [9.17, 15) is 9.59 Å². The second-order valence-corrected chi connectivity index (χ2v) is 7.64. The Balaban J connectivity index is 1.42. The topological polar surface area (TPSA) is 93.3 Å². The number of aromatic nitrogens is 2. The van der Waals surface area contributed by atoms with E-state index in [1.165, 1.54) is 6.07 Å². The van der Waals surface area contributed by atoms with Gasteiger partial charge in [-0.1, -0.05) is 23.2 Å². The number of carbonyl (C=O) groups is 2. The molecule has 0 saturated heterocycles. The first-order valence-electron chi connectivity index (χ1n) is 9.49.